The predicted molar refractivity (Wildman–Crippen MR) is 63.6 cm³/mol. The number of nitrogens with zero attached hydrogens (tertiary/aromatic N) is 1. The predicted octanol–water partition coefficient (Wildman–Crippen LogP) is 2.62. The topological polar surface area (TPSA) is 17.0 Å². The van der Waals surface area contributed by atoms with E-state index in [1.165, 1.54) is 10.9 Å². The molecular weight excluding hydrogens is 240 g/mol. The van der Waals surface area contributed by atoms with Crippen LogP contribution in [-0.2, 0) is 6.54 Å². The van der Waals surface area contributed by atoms with Crippen molar-refractivity contribution >= 4 is 26.8 Å². The number of nitrogens with one attached hydrogen (secondary N) is 1. The summed E-state index contributed by atoms with van der Waals surface area (Å²) < 4.78 is 3.39. The summed E-state index contributed by atoms with van der Waals surface area (Å²) in [6.45, 7) is 2.01. The Morgan fingerprint density at radius 1 is 1.36 bits per heavy atom. The van der Waals surface area contributed by atoms with Crippen LogP contribution in [0, 0.1) is 0 Å². The Morgan fingerprint density at radius 2 is 2.21 bits per heavy atom. The monoisotopic (exact) mass is 252 g/mol. The molecule has 0 atom stereocenters. The Hall–Kier alpha value is -0.800. The van der Waals surface area contributed by atoms with Crippen LogP contribution in [0.15, 0.2) is 34.9 Å². The van der Waals surface area contributed by atoms with Crippen molar-refractivity contribution in [1.82, 2.24) is 9.88 Å². The van der Waals surface area contributed by atoms with Crippen LogP contribution in [-0.4, -0.2) is 18.2 Å². The fourth-order valence-corrected chi connectivity index (χ4v) is 1.93. The second-order valence-corrected chi connectivity index (χ2v) is 4.23. The van der Waals surface area contributed by atoms with Crippen molar-refractivity contribution in [3.05, 3.63) is 34.9 Å². The molecule has 0 amide bonds. The molecule has 0 radical (unpaired) electrons. The van der Waals surface area contributed by atoms with E-state index in [2.05, 4.69) is 56.3 Å². The Balaban J connectivity index is 2.40. The minimum Gasteiger partial charge on any atom is -0.346 e. The first-order valence-electron chi connectivity index (χ1n) is 4.70. The first kappa shape index (κ1) is 9.74. The second kappa shape index (κ2) is 4.15. The average molecular weight is 253 g/mol. The van der Waals surface area contributed by atoms with Gasteiger partial charge in [-0.15, -0.1) is 0 Å². The molecule has 1 N–H and O–H groups in total. The molecule has 0 aliphatic carbocycles. The largest absolute Gasteiger partial charge is 0.346 e. The molecule has 0 spiro atoms. The van der Waals surface area contributed by atoms with Gasteiger partial charge in [0.1, 0.15) is 0 Å². The van der Waals surface area contributed by atoms with Crippen molar-refractivity contribution in [3.63, 3.8) is 0 Å². The molecule has 14 heavy (non-hydrogen) atoms. The van der Waals surface area contributed by atoms with E-state index in [-0.39, 0.29) is 0 Å². The van der Waals surface area contributed by atoms with Crippen LogP contribution in [0.25, 0.3) is 10.9 Å². The molecule has 0 fully saturated rings. The van der Waals surface area contributed by atoms with Gasteiger partial charge in [-0.3, -0.25) is 0 Å². The first-order valence-corrected chi connectivity index (χ1v) is 5.49. The smallest absolute Gasteiger partial charge is 0.0492 e. The van der Waals surface area contributed by atoms with E-state index >= 15 is 0 Å². The van der Waals surface area contributed by atoms with Gasteiger partial charge >= 0.3 is 0 Å². The summed E-state index contributed by atoms with van der Waals surface area (Å²) in [7, 11) is 1.97. The zero-order valence-electron chi connectivity index (χ0n) is 8.13. The number of hydrogen-bond acceptors (Lipinski definition) is 1. The highest BCUT2D eigenvalue weighted by Crippen LogP contribution is 2.20. The van der Waals surface area contributed by atoms with Crippen LogP contribution in [0.5, 0.6) is 0 Å². The van der Waals surface area contributed by atoms with Gasteiger partial charge in [-0.25, -0.2) is 0 Å². The lowest BCUT2D eigenvalue weighted by Crippen LogP contribution is -2.14. The average Bonchev–Trinajstić information content (AvgIpc) is 2.57. The van der Waals surface area contributed by atoms with Crippen LogP contribution in [0.3, 0.4) is 0 Å². The van der Waals surface area contributed by atoms with Gasteiger partial charge < -0.3 is 9.88 Å². The number of hydrogen-bond donors (Lipinski definition) is 1. The van der Waals surface area contributed by atoms with E-state index in [1.807, 2.05) is 7.05 Å². The van der Waals surface area contributed by atoms with Gasteiger partial charge in [0.2, 0.25) is 0 Å². The van der Waals surface area contributed by atoms with E-state index < -0.39 is 0 Å². The van der Waals surface area contributed by atoms with Crippen LogP contribution in [0.2, 0.25) is 0 Å². The molecule has 0 aliphatic heterocycles. The molecule has 3 heteroatoms. The van der Waals surface area contributed by atoms with Crippen molar-refractivity contribution in [2.75, 3.05) is 13.6 Å². The van der Waals surface area contributed by atoms with Crippen molar-refractivity contribution in [2.24, 2.45) is 0 Å². The maximum absolute atomic E-state index is 3.49. The fourth-order valence-electron chi connectivity index (χ4n) is 1.58. The summed E-state index contributed by atoms with van der Waals surface area (Å²) in [5.74, 6) is 0. The number of benzene rings is 1. The number of halogens is 1. The van der Waals surface area contributed by atoms with Crippen LogP contribution >= 0.6 is 15.9 Å². The molecule has 0 saturated carbocycles. The van der Waals surface area contributed by atoms with E-state index in [4.69, 9.17) is 0 Å². The highest BCUT2D eigenvalue weighted by Gasteiger charge is 2.00. The standard InChI is InChI=1S/C11H13BrN2/c1-13-5-7-14-6-4-9-2-3-10(12)8-11(9)14/h2-4,6,8,13H,5,7H2,1H3. The molecule has 1 heterocycles. The lowest BCUT2D eigenvalue weighted by atomic mass is 10.2. The Morgan fingerprint density at radius 3 is 3.00 bits per heavy atom. The molecule has 2 nitrogen and oxygen atoms in total. The van der Waals surface area contributed by atoms with Crippen molar-refractivity contribution in [2.45, 2.75) is 6.54 Å². The Kier molecular flexibility index (Phi) is 2.89. The summed E-state index contributed by atoms with van der Waals surface area (Å²) in [6, 6.07) is 8.52. The van der Waals surface area contributed by atoms with E-state index in [0.717, 1.165) is 17.6 Å². The SMILES string of the molecule is CNCCn1ccc2ccc(Br)cc21. The van der Waals surface area contributed by atoms with Gasteiger partial charge in [-0.1, -0.05) is 22.0 Å². The third-order valence-corrected chi connectivity index (χ3v) is 2.83. The molecular formula is C11H13BrN2. The lowest BCUT2D eigenvalue weighted by molar-refractivity contribution is 0.662. The molecule has 74 valence electrons. The zero-order valence-corrected chi connectivity index (χ0v) is 9.71. The van der Waals surface area contributed by atoms with Gasteiger partial charge in [0.25, 0.3) is 0 Å². The maximum atomic E-state index is 3.49. The molecule has 0 bridgehead atoms. The minimum absolute atomic E-state index is 0.996. The third-order valence-electron chi connectivity index (χ3n) is 2.34. The van der Waals surface area contributed by atoms with Crippen molar-refractivity contribution in [3.8, 4) is 0 Å². The van der Waals surface area contributed by atoms with Gasteiger partial charge in [0, 0.05) is 29.3 Å². The highest BCUT2D eigenvalue weighted by molar-refractivity contribution is 9.10. The summed E-state index contributed by atoms with van der Waals surface area (Å²) >= 11 is 3.49. The fraction of sp³-hybridized carbons (Fsp3) is 0.273. The minimum atomic E-state index is 0.996. The molecule has 2 rings (SSSR count). The molecule has 2 aromatic rings. The van der Waals surface area contributed by atoms with Crippen LogP contribution in [0.4, 0.5) is 0 Å². The maximum Gasteiger partial charge on any atom is 0.0492 e. The number of fused-ring (bicyclic) bond motifs is 1. The number of aromatic nitrogens is 1. The van der Waals surface area contributed by atoms with E-state index in [1.54, 1.807) is 0 Å². The first-order chi connectivity index (χ1) is 6.81. The Bertz CT molecular complexity index is 434. The van der Waals surface area contributed by atoms with Gasteiger partial charge in [0.05, 0.1) is 0 Å². The summed E-state index contributed by atoms with van der Waals surface area (Å²) in [5.41, 5.74) is 1.29. The molecule has 1 aromatic heterocycles. The van der Waals surface area contributed by atoms with Crippen molar-refractivity contribution in [1.29, 1.82) is 0 Å². The number of rotatable bonds is 3. The van der Waals surface area contributed by atoms with Gasteiger partial charge in [-0.2, -0.15) is 0 Å². The van der Waals surface area contributed by atoms with Gasteiger partial charge in [-0.05, 0) is 30.6 Å². The summed E-state index contributed by atoms with van der Waals surface area (Å²) in [6.07, 6.45) is 2.13. The normalized spacial score (nSPS) is 11.0. The van der Waals surface area contributed by atoms with E-state index in [9.17, 15) is 0 Å². The molecule has 0 unspecified atom stereocenters. The highest BCUT2D eigenvalue weighted by atomic mass is 79.9. The molecule has 0 saturated heterocycles. The van der Waals surface area contributed by atoms with Crippen molar-refractivity contribution < 1.29 is 0 Å². The molecule has 1 aromatic carbocycles. The van der Waals surface area contributed by atoms with E-state index in [0.29, 0.717) is 0 Å². The summed E-state index contributed by atoms with van der Waals surface area (Å²) in [5, 5.41) is 4.45. The Labute approximate surface area is 92.0 Å². The van der Waals surface area contributed by atoms with Crippen LogP contribution < -0.4 is 5.32 Å². The molecule has 0 aliphatic rings. The lowest BCUT2D eigenvalue weighted by Gasteiger charge is -2.04. The van der Waals surface area contributed by atoms with Gasteiger partial charge in [0.15, 0.2) is 0 Å². The third kappa shape index (κ3) is 1.83. The second-order valence-electron chi connectivity index (χ2n) is 3.32. The quantitative estimate of drug-likeness (QED) is 0.889. The number of likely N-dealkylation sites (N-methyl/N-ethyl adjacent to an activating group) is 1. The zero-order chi connectivity index (χ0) is 9.97. The van der Waals surface area contributed by atoms with Crippen LogP contribution in [0.1, 0.15) is 0 Å². The summed E-state index contributed by atoms with van der Waals surface area (Å²) in [4.78, 5) is 0.